The van der Waals surface area contributed by atoms with E-state index < -0.39 is 0 Å². The third-order valence-corrected chi connectivity index (χ3v) is 4.37. The van der Waals surface area contributed by atoms with E-state index in [2.05, 4.69) is 10.4 Å². The second-order valence-corrected chi connectivity index (χ2v) is 6.54. The Morgan fingerprint density at radius 2 is 1.84 bits per heavy atom. The number of hydrogen-bond acceptors (Lipinski definition) is 2. The highest BCUT2D eigenvalue weighted by atomic mass is 35.5. The molecule has 25 heavy (non-hydrogen) atoms. The summed E-state index contributed by atoms with van der Waals surface area (Å²) in [4.78, 5) is 12.4. The minimum Gasteiger partial charge on any atom is -0.352 e. The number of halogens is 2. The maximum absolute atomic E-state index is 12.4. The number of amides is 1. The molecule has 0 aliphatic carbocycles. The average molecular weight is 374 g/mol. The van der Waals surface area contributed by atoms with Crippen molar-refractivity contribution in [1.29, 1.82) is 0 Å². The van der Waals surface area contributed by atoms with Gasteiger partial charge >= 0.3 is 0 Å². The van der Waals surface area contributed by atoms with E-state index in [9.17, 15) is 4.79 Å². The van der Waals surface area contributed by atoms with Gasteiger partial charge in [-0.2, -0.15) is 5.10 Å². The molecule has 1 N–H and O–H groups in total. The minimum atomic E-state index is -0.146. The Kier molecular flexibility index (Phi) is 5.41. The van der Waals surface area contributed by atoms with Crippen molar-refractivity contribution in [2.24, 2.45) is 0 Å². The summed E-state index contributed by atoms with van der Waals surface area (Å²) in [5, 5.41) is 8.55. The summed E-state index contributed by atoms with van der Waals surface area (Å²) in [6.07, 6.45) is 2.29. The van der Waals surface area contributed by atoms with Crippen LogP contribution in [-0.4, -0.2) is 22.2 Å². The maximum Gasteiger partial charge on any atom is 0.254 e. The van der Waals surface area contributed by atoms with Gasteiger partial charge in [-0.3, -0.25) is 4.79 Å². The average Bonchev–Trinajstić information content (AvgIpc) is 2.96. The lowest BCUT2D eigenvalue weighted by Gasteiger charge is -2.07. The zero-order chi connectivity index (χ0) is 17.8. The quantitative estimate of drug-likeness (QED) is 0.717. The molecule has 3 rings (SSSR count). The van der Waals surface area contributed by atoms with E-state index in [0.717, 1.165) is 16.9 Å². The van der Waals surface area contributed by atoms with Gasteiger partial charge in [0.05, 0.1) is 23.1 Å². The molecule has 0 radical (unpaired) electrons. The zero-order valence-electron chi connectivity index (χ0n) is 13.7. The molecule has 0 aliphatic heterocycles. The van der Waals surface area contributed by atoms with Gasteiger partial charge in [0.15, 0.2) is 0 Å². The van der Waals surface area contributed by atoms with Crippen molar-refractivity contribution in [3.8, 4) is 5.69 Å². The number of aromatic nitrogens is 2. The van der Waals surface area contributed by atoms with Gasteiger partial charge in [0.25, 0.3) is 5.91 Å². The number of hydrogen-bond donors (Lipinski definition) is 1. The summed E-state index contributed by atoms with van der Waals surface area (Å²) in [5.41, 5.74) is 3.22. The van der Waals surface area contributed by atoms with Crippen LogP contribution in [0.2, 0.25) is 10.0 Å². The van der Waals surface area contributed by atoms with E-state index in [0.29, 0.717) is 28.6 Å². The molecule has 0 fully saturated rings. The van der Waals surface area contributed by atoms with Crippen molar-refractivity contribution in [1.82, 2.24) is 15.1 Å². The van der Waals surface area contributed by atoms with Gasteiger partial charge in [-0.15, -0.1) is 0 Å². The van der Waals surface area contributed by atoms with Crippen molar-refractivity contribution < 1.29 is 4.79 Å². The highest BCUT2D eigenvalue weighted by Gasteiger charge is 2.15. The fourth-order valence-electron chi connectivity index (χ4n) is 2.61. The SMILES string of the molecule is Cc1c(C(=O)NCCc2cccc(Cl)c2)cnn1-c1cccc(Cl)c1. The first-order chi connectivity index (χ1) is 12.0. The number of rotatable bonds is 5. The number of carbonyl (C=O) groups is 1. The van der Waals surface area contributed by atoms with Gasteiger partial charge in [0.1, 0.15) is 0 Å². The Labute approximate surface area is 156 Å². The molecule has 0 aliphatic rings. The van der Waals surface area contributed by atoms with Gasteiger partial charge in [0, 0.05) is 16.6 Å². The lowest BCUT2D eigenvalue weighted by Crippen LogP contribution is -2.26. The molecule has 1 heterocycles. The van der Waals surface area contributed by atoms with Gasteiger partial charge < -0.3 is 5.32 Å². The molecule has 0 atom stereocenters. The summed E-state index contributed by atoms with van der Waals surface area (Å²) in [5.74, 6) is -0.146. The number of carbonyl (C=O) groups excluding carboxylic acids is 1. The Hall–Kier alpha value is -2.30. The van der Waals surface area contributed by atoms with E-state index in [1.54, 1.807) is 16.9 Å². The third-order valence-electron chi connectivity index (χ3n) is 3.90. The summed E-state index contributed by atoms with van der Waals surface area (Å²) >= 11 is 12.0. The minimum absolute atomic E-state index is 0.146. The summed E-state index contributed by atoms with van der Waals surface area (Å²) in [6.45, 7) is 2.39. The first-order valence-corrected chi connectivity index (χ1v) is 8.63. The predicted octanol–water partition coefficient (Wildman–Crippen LogP) is 4.46. The second kappa shape index (κ2) is 7.72. The first kappa shape index (κ1) is 17.5. The first-order valence-electron chi connectivity index (χ1n) is 7.88. The Bertz CT molecular complexity index is 905. The zero-order valence-corrected chi connectivity index (χ0v) is 15.2. The lowest BCUT2D eigenvalue weighted by atomic mass is 10.1. The van der Waals surface area contributed by atoms with Crippen molar-refractivity contribution in [2.45, 2.75) is 13.3 Å². The normalized spacial score (nSPS) is 10.7. The molecule has 2 aromatic carbocycles. The second-order valence-electron chi connectivity index (χ2n) is 5.67. The maximum atomic E-state index is 12.4. The standard InChI is InChI=1S/C19H17Cl2N3O/c1-13-18(12-23-24(13)17-7-3-6-16(21)11-17)19(25)22-9-8-14-4-2-5-15(20)10-14/h2-7,10-12H,8-9H2,1H3,(H,22,25). The molecule has 1 aromatic heterocycles. The fourth-order valence-corrected chi connectivity index (χ4v) is 3.01. The Morgan fingerprint density at radius 1 is 1.12 bits per heavy atom. The van der Waals surface area contributed by atoms with E-state index in [-0.39, 0.29) is 5.91 Å². The molecular weight excluding hydrogens is 357 g/mol. The summed E-state index contributed by atoms with van der Waals surface area (Å²) < 4.78 is 1.71. The highest BCUT2D eigenvalue weighted by molar-refractivity contribution is 6.31. The Balaban J connectivity index is 1.67. The van der Waals surface area contributed by atoms with Crippen LogP contribution >= 0.6 is 23.2 Å². The van der Waals surface area contributed by atoms with E-state index in [1.807, 2.05) is 49.4 Å². The molecule has 0 saturated heterocycles. The Morgan fingerprint density at radius 3 is 2.56 bits per heavy atom. The van der Waals surface area contributed by atoms with E-state index >= 15 is 0 Å². The molecule has 1 amide bonds. The van der Waals surface area contributed by atoms with Crippen LogP contribution in [0.25, 0.3) is 5.69 Å². The largest absolute Gasteiger partial charge is 0.352 e. The van der Waals surface area contributed by atoms with Gasteiger partial charge in [-0.25, -0.2) is 4.68 Å². The molecule has 0 spiro atoms. The van der Waals surface area contributed by atoms with Crippen LogP contribution in [0.15, 0.2) is 54.7 Å². The molecule has 4 nitrogen and oxygen atoms in total. The van der Waals surface area contributed by atoms with E-state index in [4.69, 9.17) is 23.2 Å². The van der Waals surface area contributed by atoms with Crippen molar-refractivity contribution in [3.05, 3.63) is 81.6 Å². The van der Waals surface area contributed by atoms with Crippen molar-refractivity contribution in [3.63, 3.8) is 0 Å². The summed E-state index contributed by atoms with van der Waals surface area (Å²) in [7, 11) is 0. The molecule has 0 unspecified atom stereocenters. The molecule has 0 bridgehead atoms. The van der Waals surface area contributed by atoms with Crippen LogP contribution in [0.3, 0.4) is 0 Å². The van der Waals surface area contributed by atoms with Crippen LogP contribution in [0.1, 0.15) is 21.6 Å². The van der Waals surface area contributed by atoms with Crippen LogP contribution in [0.4, 0.5) is 0 Å². The van der Waals surface area contributed by atoms with Crippen molar-refractivity contribution in [2.75, 3.05) is 6.54 Å². The predicted molar refractivity (Wildman–Crippen MR) is 101 cm³/mol. The smallest absolute Gasteiger partial charge is 0.254 e. The topological polar surface area (TPSA) is 46.9 Å². The monoisotopic (exact) mass is 373 g/mol. The van der Waals surface area contributed by atoms with Gasteiger partial charge in [-0.05, 0) is 49.2 Å². The molecule has 128 valence electrons. The molecule has 6 heteroatoms. The number of benzene rings is 2. The van der Waals surface area contributed by atoms with Crippen molar-refractivity contribution >= 4 is 29.1 Å². The number of nitrogens with one attached hydrogen (secondary N) is 1. The molecular formula is C19H17Cl2N3O. The van der Waals surface area contributed by atoms with Gasteiger partial charge in [-0.1, -0.05) is 41.4 Å². The van der Waals surface area contributed by atoms with E-state index in [1.165, 1.54) is 0 Å². The lowest BCUT2D eigenvalue weighted by molar-refractivity contribution is 0.0953. The van der Waals surface area contributed by atoms with Crippen LogP contribution in [0, 0.1) is 6.92 Å². The fraction of sp³-hybridized carbons (Fsp3) is 0.158. The number of nitrogens with zero attached hydrogens (tertiary/aromatic N) is 2. The third kappa shape index (κ3) is 4.21. The molecule has 0 saturated carbocycles. The van der Waals surface area contributed by atoms with Crippen LogP contribution in [0.5, 0.6) is 0 Å². The van der Waals surface area contributed by atoms with Crippen LogP contribution < -0.4 is 5.32 Å². The highest BCUT2D eigenvalue weighted by Crippen LogP contribution is 2.18. The molecule has 3 aromatic rings. The van der Waals surface area contributed by atoms with Gasteiger partial charge in [0.2, 0.25) is 0 Å². The summed E-state index contributed by atoms with van der Waals surface area (Å²) in [6, 6.07) is 15.0. The van der Waals surface area contributed by atoms with Crippen LogP contribution in [-0.2, 0) is 6.42 Å².